The fourth-order valence-corrected chi connectivity index (χ4v) is 3.14. The van der Waals surface area contributed by atoms with Crippen LogP contribution in [0.2, 0.25) is 0 Å². The lowest BCUT2D eigenvalue weighted by Crippen LogP contribution is -2.21. The first-order chi connectivity index (χ1) is 12.1. The number of halogens is 1. The lowest BCUT2D eigenvalue weighted by Gasteiger charge is -2.06. The van der Waals surface area contributed by atoms with Crippen LogP contribution in [0.1, 0.15) is 0 Å². The largest absolute Gasteiger partial charge is 0.497 e. The van der Waals surface area contributed by atoms with Gasteiger partial charge in [0.05, 0.1) is 19.3 Å². The smallest absolute Gasteiger partial charge is 0.245 e. The molecule has 1 heterocycles. The molecule has 0 aliphatic rings. The third kappa shape index (κ3) is 4.80. The second-order valence-corrected chi connectivity index (χ2v) is 6.95. The Hall–Kier alpha value is -2.38. The van der Waals surface area contributed by atoms with Gasteiger partial charge in [0.25, 0.3) is 0 Å². The molecular formula is C18H16BrN3O2S. The Labute approximate surface area is 158 Å². The van der Waals surface area contributed by atoms with Crippen molar-refractivity contribution in [3.05, 3.63) is 58.4 Å². The van der Waals surface area contributed by atoms with Gasteiger partial charge in [-0.15, -0.1) is 11.3 Å². The molecule has 0 fully saturated rings. The summed E-state index contributed by atoms with van der Waals surface area (Å²) >= 11 is 4.78. The minimum atomic E-state index is -0.140. The fraction of sp³-hybridized carbons (Fsp3) is 0.111. The van der Waals surface area contributed by atoms with Crippen molar-refractivity contribution < 1.29 is 9.53 Å². The van der Waals surface area contributed by atoms with E-state index < -0.39 is 0 Å². The maximum absolute atomic E-state index is 12.0. The van der Waals surface area contributed by atoms with Crippen molar-refractivity contribution in [3.8, 4) is 17.0 Å². The van der Waals surface area contributed by atoms with E-state index in [0.717, 1.165) is 27.2 Å². The predicted octanol–water partition coefficient (Wildman–Crippen LogP) is 4.63. The predicted molar refractivity (Wildman–Crippen MR) is 105 cm³/mol. The number of aromatic nitrogens is 1. The summed E-state index contributed by atoms with van der Waals surface area (Å²) < 4.78 is 6.15. The second kappa shape index (κ2) is 8.13. The first-order valence-electron chi connectivity index (χ1n) is 7.53. The van der Waals surface area contributed by atoms with Crippen molar-refractivity contribution in [1.82, 2.24) is 4.98 Å². The van der Waals surface area contributed by atoms with Gasteiger partial charge in [-0.3, -0.25) is 4.79 Å². The summed E-state index contributed by atoms with van der Waals surface area (Å²) in [5.41, 5.74) is 2.69. The molecule has 7 heteroatoms. The van der Waals surface area contributed by atoms with E-state index in [-0.39, 0.29) is 12.5 Å². The Morgan fingerprint density at radius 2 is 1.88 bits per heavy atom. The van der Waals surface area contributed by atoms with Crippen LogP contribution >= 0.6 is 27.3 Å². The SMILES string of the molecule is COc1ccc(-c2csc(NC(=O)CNc3ccc(Br)cc3)n2)cc1. The van der Waals surface area contributed by atoms with Crippen LogP contribution < -0.4 is 15.4 Å². The van der Waals surface area contributed by atoms with Crippen molar-refractivity contribution in [3.63, 3.8) is 0 Å². The van der Waals surface area contributed by atoms with Crippen LogP contribution in [0.15, 0.2) is 58.4 Å². The number of nitrogens with zero attached hydrogens (tertiary/aromatic N) is 1. The van der Waals surface area contributed by atoms with Gasteiger partial charge in [0.2, 0.25) is 5.91 Å². The van der Waals surface area contributed by atoms with E-state index in [1.165, 1.54) is 11.3 Å². The van der Waals surface area contributed by atoms with E-state index in [2.05, 4.69) is 31.5 Å². The fourth-order valence-electron chi connectivity index (χ4n) is 2.14. The average molecular weight is 418 g/mol. The summed E-state index contributed by atoms with van der Waals surface area (Å²) in [6, 6.07) is 15.3. The molecule has 2 aromatic carbocycles. The van der Waals surface area contributed by atoms with Gasteiger partial charge < -0.3 is 15.4 Å². The van der Waals surface area contributed by atoms with Crippen molar-refractivity contribution in [2.24, 2.45) is 0 Å². The molecule has 0 aliphatic carbocycles. The minimum Gasteiger partial charge on any atom is -0.497 e. The zero-order chi connectivity index (χ0) is 17.6. The van der Waals surface area contributed by atoms with Crippen molar-refractivity contribution in [2.45, 2.75) is 0 Å². The standard InChI is InChI=1S/C18H16BrN3O2S/c1-24-15-8-2-12(3-9-15)16-11-25-18(21-16)22-17(23)10-20-14-6-4-13(19)5-7-14/h2-9,11,20H,10H2,1H3,(H,21,22,23). The van der Waals surface area contributed by atoms with Crippen LogP contribution in [0, 0.1) is 0 Å². The van der Waals surface area contributed by atoms with Gasteiger partial charge in [-0.2, -0.15) is 0 Å². The van der Waals surface area contributed by atoms with Gasteiger partial charge in [0.15, 0.2) is 5.13 Å². The van der Waals surface area contributed by atoms with E-state index >= 15 is 0 Å². The van der Waals surface area contributed by atoms with Crippen molar-refractivity contribution in [2.75, 3.05) is 24.3 Å². The molecule has 0 atom stereocenters. The highest BCUT2D eigenvalue weighted by Crippen LogP contribution is 2.26. The zero-order valence-electron chi connectivity index (χ0n) is 13.5. The maximum Gasteiger partial charge on any atom is 0.245 e. The normalized spacial score (nSPS) is 10.3. The molecule has 0 aliphatic heterocycles. The molecule has 25 heavy (non-hydrogen) atoms. The van der Waals surface area contributed by atoms with E-state index in [1.807, 2.05) is 53.9 Å². The molecule has 1 aromatic heterocycles. The molecule has 0 radical (unpaired) electrons. The first-order valence-corrected chi connectivity index (χ1v) is 9.20. The van der Waals surface area contributed by atoms with Crippen LogP contribution in [0.25, 0.3) is 11.3 Å². The molecule has 0 saturated carbocycles. The van der Waals surface area contributed by atoms with Crippen LogP contribution in [-0.4, -0.2) is 24.5 Å². The third-order valence-electron chi connectivity index (χ3n) is 3.43. The molecule has 3 rings (SSSR count). The van der Waals surface area contributed by atoms with Crippen LogP contribution in [0.5, 0.6) is 5.75 Å². The molecule has 1 amide bonds. The molecule has 0 unspecified atom stereocenters. The highest BCUT2D eigenvalue weighted by Gasteiger charge is 2.08. The Morgan fingerprint density at radius 1 is 1.16 bits per heavy atom. The van der Waals surface area contributed by atoms with Crippen LogP contribution in [-0.2, 0) is 4.79 Å². The Kier molecular flexibility index (Phi) is 5.67. The van der Waals surface area contributed by atoms with Gasteiger partial charge in [-0.1, -0.05) is 15.9 Å². The molecule has 2 N–H and O–H groups in total. The lowest BCUT2D eigenvalue weighted by atomic mass is 10.2. The first kappa shape index (κ1) is 17.4. The Bertz CT molecular complexity index is 848. The summed E-state index contributed by atoms with van der Waals surface area (Å²) in [6.07, 6.45) is 0. The van der Waals surface area contributed by atoms with E-state index in [9.17, 15) is 4.79 Å². The number of thiazole rings is 1. The molecule has 128 valence electrons. The third-order valence-corrected chi connectivity index (χ3v) is 4.72. The van der Waals surface area contributed by atoms with Crippen molar-refractivity contribution >= 4 is 44.0 Å². The second-order valence-electron chi connectivity index (χ2n) is 5.18. The Morgan fingerprint density at radius 3 is 2.56 bits per heavy atom. The number of carbonyl (C=O) groups excluding carboxylic acids is 1. The molecular weight excluding hydrogens is 402 g/mol. The van der Waals surface area contributed by atoms with Gasteiger partial charge in [0.1, 0.15) is 5.75 Å². The summed E-state index contributed by atoms with van der Waals surface area (Å²) in [4.78, 5) is 16.5. The number of methoxy groups -OCH3 is 1. The summed E-state index contributed by atoms with van der Waals surface area (Å²) in [5.74, 6) is 0.657. The molecule has 5 nitrogen and oxygen atoms in total. The monoisotopic (exact) mass is 417 g/mol. The maximum atomic E-state index is 12.0. The van der Waals surface area contributed by atoms with Gasteiger partial charge >= 0.3 is 0 Å². The van der Waals surface area contributed by atoms with E-state index in [1.54, 1.807) is 7.11 Å². The molecule has 0 bridgehead atoms. The van der Waals surface area contributed by atoms with Crippen LogP contribution in [0.3, 0.4) is 0 Å². The van der Waals surface area contributed by atoms with Gasteiger partial charge in [-0.25, -0.2) is 4.98 Å². The summed E-state index contributed by atoms with van der Waals surface area (Å²) in [7, 11) is 1.63. The van der Waals surface area contributed by atoms with E-state index in [0.29, 0.717) is 5.13 Å². The molecule has 0 spiro atoms. The summed E-state index contributed by atoms with van der Waals surface area (Å²) in [5, 5.41) is 8.37. The van der Waals surface area contributed by atoms with Crippen LogP contribution in [0.4, 0.5) is 10.8 Å². The topological polar surface area (TPSA) is 63.2 Å². The zero-order valence-corrected chi connectivity index (χ0v) is 15.9. The number of nitrogens with one attached hydrogen (secondary N) is 2. The number of anilines is 2. The van der Waals surface area contributed by atoms with E-state index in [4.69, 9.17) is 4.74 Å². The Balaban J connectivity index is 1.56. The minimum absolute atomic E-state index is 0.140. The van der Waals surface area contributed by atoms with Crippen molar-refractivity contribution in [1.29, 1.82) is 0 Å². The number of hydrogen-bond donors (Lipinski definition) is 2. The number of amides is 1. The molecule has 0 saturated heterocycles. The number of ether oxygens (including phenoxy) is 1. The lowest BCUT2D eigenvalue weighted by molar-refractivity contribution is -0.114. The summed E-state index contributed by atoms with van der Waals surface area (Å²) in [6.45, 7) is 0.180. The van der Waals surface area contributed by atoms with Gasteiger partial charge in [-0.05, 0) is 48.5 Å². The van der Waals surface area contributed by atoms with Gasteiger partial charge in [0, 0.05) is 21.1 Å². The quantitative estimate of drug-likeness (QED) is 0.613. The average Bonchev–Trinajstić information content (AvgIpc) is 3.10. The highest BCUT2D eigenvalue weighted by molar-refractivity contribution is 9.10. The number of hydrogen-bond acceptors (Lipinski definition) is 5. The number of benzene rings is 2. The number of carbonyl (C=O) groups is 1. The highest BCUT2D eigenvalue weighted by atomic mass is 79.9. The molecule has 3 aromatic rings. The number of rotatable bonds is 6.